The third kappa shape index (κ3) is 4.38. The first-order valence-electron chi connectivity index (χ1n) is 10.1. The Hall–Kier alpha value is -2.19. The van der Waals surface area contributed by atoms with Crippen LogP contribution in [0.2, 0.25) is 0 Å². The smallest absolute Gasteiger partial charge is 0.254 e. The van der Waals surface area contributed by atoms with Crippen molar-refractivity contribution < 1.29 is 9.53 Å². The van der Waals surface area contributed by atoms with Crippen LogP contribution in [0.15, 0.2) is 18.3 Å². The largest absolute Gasteiger partial charge is 0.477 e. The molecule has 1 amide bonds. The van der Waals surface area contributed by atoms with E-state index in [1.165, 1.54) is 6.42 Å². The molecule has 2 aromatic rings. The lowest BCUT2D eigenvalue weighted by atomic mass is 9.67. The van der Waals surface area contributed by atoms with Crippen molar-refractivity contribution in [3.05, 3.63) is 29.6 Å². The van der Waals surface area contributed by atoms with Gasteiger partial charge in [-0.25, -0.2) is 4.68 Å². The first-order chi connectivity index (χ1) is 13.6. The molecule has 0 radical (unpaired) electrons. The molecule has 0 aromatic carbocycles. The molecule has 9 heteroatoms. The second kappa shape index (κ2) is 9.09. The molecule has 2 fully saturated rings. The summed E-state index contributed by atoms with van der Waals surface area (Å²) in [5.41, 5.74) is 7.52. The molecular weight excluding hydrogens is 392 g/mol. The van der Waals surface area contributed by atoms with Gasteiger partial charge in [-0.15, -0.1) is 22.6 Å². The molecule has 2 aliphatic rings. The molecule has 0 aliphatic heterocycles. The number of hydrogen-bond acceptors (Lipinski definition) is 6. The van der Waals surface area contributed by atoms with E-state index >= 15 is 0 Å². The van der Waals surface area contributed by atoms with Gasteiger partial charge >= 0.3 is 0 Å². The number of fused-ring (bicyclic) bond motifs is 2. The highest BCUT2D eigenvalue weighted by Crippen LogP contribution is 2.39. The molecule has 3 N–H and O–H groups in total. The van der Waals surface area contributed by atoms with Gasteiger partial charge in [0.1, 0.15) is 0 Å². The Morgan fingerprint density at radius 1 is 1.28 bits per heavy atom. The molecule has 29 heavy (non-hydrogen) atoms. The van der Waals surface area contributed by atoms with Crippen molar-refractivity contribution in [3.63, 3.8) is 0 Å². The highest BCUT2D eigenvalue weighted by atomic mass is 35.5. The quantitative estimate of drug-likeness (QED) is 0.769. The first-order valence-corrected chi connectivity index (χ1v) is 10.1. The van der Waals surface area contributed by atoms with Crippen LogP contribution in [0, 0.1) is 18.8 Å². The fourth-order valence-corrected chi connectivity index (χ4v) is 4.77. The summed E-state index contributed by atoms with van der Waals surface area (Å²) in [5, 5.41) is 15.8. The Kier molecular flexibility index (Phi) is 6.74. The van der Waals surface area contributed by atoms with Crippen LogP contribution in [-0.2, 0) is 0 Å². The average molecular weight is 421 g/mol. The number of carbonyl (C=O) groups excluding carboxylic acids is 1. The first kappa shape index (κ1) is 21.5. The third-order valence-corrected chi connectivity index (χ3v) is 6.06. The highest BCUT2D eigenvalue weighted by molar-refractivity contribution is 5.95. The molecule has 158 valence electrons. The number of nitrogens with two attached hydrogens (primary N) is 1. The summed E-state index contributed by atoms with van der Waals surface area (Å²) in [7, 11) is 0. The maximum Gasteiger partial charge on any atom is 0.254 e. The van der Waals surface area contributed by atoms with Crippen molar-refractivity contribution in [2.24, 2.45) is 17.6 Å². The normalized spacial score (nSPS) is 25.8. The lowest BCUT2D eigenvalue weighted by Crippen LogP contribution is -2.53. The number of nitrogens with zero attached hydrogens (tertiary/aromatic N) is 4. The zero-order valence-electron chi connectivity index (χ0n) is 16.9. The standard InChI is InChI=1S/C20H28N6O2.ClH/c1-3-28-18-8-7-17(24-25-18)26-12(2)16(11-22-26)20(27)23-19-13-5-4-6-14(19)10-15(21)9-13;/h7-8,11,13-15,19H,3-6,9-10,21H2,1-2H3,(H,23,27);1H. The molecule has 2 heterocycles. The van der Waals surface area contributed by atoms with E-state index in [2.05, 4.69) is 20.6 Å². The van der Waals surface area contributed by atoms with Crippen LogP contribution in [0.25, 0.3) is 5.82 Å². The van der Waals surface area contributed by atoms with Gasteiger partial charge in [-0.05, 0) is 57.4 Å². The number of halogens is 1. The number of nitrogens with one attached hydrogen (secondary N) is 1. The molecule has 0 saturated heterocycles. The minimum Gasteiger partial charge on any atom is -0.477 e. The second-order valence-electron chi connectivity index (χ2n) is 7.90. The van der Waals surface area contributed by atoms with Crippen LogP contribution in [-0.4, -0.2) is 44.6 Å². The molecule has 8 nitrogen and oxygen atoms in total. The fraction of sp³-hybridized carbons (Fsp3) is 0.600. The van der Waals surface area contributed by atoms with E-state index in [-0.39, 0.29) is 30.4 Å². The summed E-state index contributed by atoms with van der Waals surface area (Å²) in [4.78, 5) is 13.0. The summed E-state index contributed by atoms with van der Waals surface area (Å²) >= 11 is 0. The number of carbonyl (C=O) groups is 1. The van der Waals surface area contributed by atoms with Gasteiger partial charge in [-0.2, -0.15) is 5.10 Å². The molecule has 0 spiro atoms. The Morgan fingerprint density at radius 2 is 2.00 bits per heavy atom. The number of amides is 1. The van der Waals surface area contributed by atoms with Crippen molar-refractivity contribution in [3.8, 4) is 11.7 Å². The maximum atomic E-state index is 13.0. The van der Waals surface area contributed by atoms with Crippen molar-refractivity contribution in [2.45, 2.75) is 58.0 Å². The van der Waals surface area contributed by atoms with Gasteiger partial charge in [0.2, 0.25) is 5.88 Å². The Bertz CT molecular complexity index is 826. The van der Waals surface area contributed by atoms with Crippen LogP contribution in [0.4, 0.5) is 0 Å². The lowest BCUT2D eigenvalue weighted by Gasteiger charge is -2.45. The summed E-state index contributed by atoms with van der Waals surface area (Å²) in [6.45, 7) is 4.30. The fourth-order valence-electron chi connectivity index (χ4n) is 4.77. The van der Waals surface area contributed by atoms with E-state index in [4.69, 9.17) is 10.5 Å². The molecule has 2 aliphatic carbocycles. The van der Waals surface area contributed by atoms with Gasteiger partial charge in [0.15, 0.2) is 5.82 Å². The molecule has 2 unspecified atom stereocenters. The average Bonchev–Trinajstić information content (AvgIpc) is 3.05. The van der Waals surface area contributed by atoms with Crippen LogP contribution >= 0.6 is 12.4 Å². The number of ether oxygens (including phenoxy) is 1. The molecule has 4 rings (SSSR count). The second-order valence-corrected chi connectivity index (χ2v) is 7.90. The van der Waals surface area contributed by atoms with E-state index in [0.29, 0.717) is 35.7 Å². The van der Waals surface area contributed by atoms with Gasteiger partial charge in [-0.1, -0.05) is 6.42 Å². The van der Waals surface area contributed by atoms with Crippen LogP contribution in [0.3, 0.4) is 0 Å². The number of hydrogen-bond donors (Lipinski definition) is 2. The Morgan fingerprint density at radius 3 is 2.62 bits per heavy atom. The SMILES string of the molecule is CCOc1ccc(-n2ncc(C(=O)NC3C4CCCC3CC(N)C4)c2C)nn1.Cl. The molecule has 2 atom stereocenters. The molecule has 2 saturated carbocycles. The molecule has 2 aromatic heterocycles. The van der Waals surface area contributed by atoms with E-state index in [1.54, 1.807) is 23.0 Å². The predicted molar refractivity (Wildman–Crippen MR) is 112 cm³/mol. The van der Waals surface area contributed by atoms with Crippen molar-refractivity contribution in [1.82, 2.24) is 25.3 Å². The number of aromatic nitrogens is 4. The summed E-state index contributed by atoms with van der Waals surface area (Å²) in [5.74, 6) is 1.93. The molecule has 2 bridgehead atoms. The van der Waals surface area contributed by atoms with Gasteiger partial charge in [0, 0.05) is 18.2 Å². The zero-order valence-corrected chi connectivity index (χ0v) is 17.7. The lowest BCUT2D eigenvalue weighted by molar-refractivity contribution is 0.0755. The molecular formula is C20H29ClN6O2. The van der Waals surface area contributed by atoms with Crippen molar-refractivity contribution in [2.75, 3.05) is 6.61 Å². The van der Waals surface area contributed by atoms with Crippen LogP contribution in [0.1, 0.15) is 55.1 Å². The van der Waals surface area contributed by atoms with Crippen LogP contribution in [0.5, 0.6) is 5.88 Å². The third-order valence-electron chi connectivity index (χ3n) is 6.06. The predicted octanol–water partition coefficient (Wildman–Crippen LogP) is 2.43. The van der Waals surface area contributed by atoms with Gasteiger partial charge < -0.3 is 15.8 Å². The monoisotopic (exact) mass is 420 g/mol. The summed E-state index contributed by atoms with van der Waals surface area (Å²) < 4.78 is 6.96. The Labute approximate surface area is 177 Å². The van der Waals surface area contributed by atoms with E-state index in [9.17, 15) is 4.79 Å². The topological polar surface area (TPSA) is 108 Å². The van der Waals surface area contributed by atoms with E-state index in [0.717, 1.165) is 31.4 Å². The van der Waals surface area contributed by atoms with Crippen molar-refractivity contribution in [1.29, 1.82) is 0 Å². The van der Waals surface area contributed by atoms with Gasteiger partial charge in [-0.3, -0.25) is 4.79 Å². The maximum absolute atomic E-state index is 13.0. The number of rotatable bonds is 5. The minimum absolute atomic E-state index is 0. The highest BCUT2D eigenvalue weighted by Gasteiger charge is 2.40. The summed E-state index contributed by atoms with van der Waals surface area (Å²) in [6.07, 6.45) is 7.14. The van der Waals surface area contributed by atoms with E-state index < -0.39 is 0 Å². The van der Waals surface area contributed by atoms with Crippen molar-refractivity contribution >= 4 is 18.3 Å². The van der Waals surface area contributed by atoms with E-state index in [1.807, 2.05) is 13.8 Å². The van der Waals surface area contributed by atoms with Gasteiger partial charge in [0.25, 0.3) is 5.91 Å². The summed E-state index contributed by atoms with van der Waals surface area (Å²) in [6, 6.07) is 4.02. The zero-order chi connectivity index (χ0) is 19.7. The minimum atomic E-state index is -0.0694. The Balaban J connectivity index is 0.00000240. The van der Waals surface area contributed by atoms with Crippen LogP contribution < -0.4 is 15.8 Å². The van der Waals surface area contributed by atoms with Gasteiger partial charge in [0.05, 0.1) is 24.1 Å².